The highest BCUT2D eigenvalue weighted by atomic mass is 32.2. The number of hydrogen-bond donors (Lipinski definition) is 1. The fraction of sp³-hybridized carbons (Fsp3) is 0.522. The molecule has 0 spiro atoms. The molecule has 1 aliphatic heterocycles. The first-order valence-corrected chi connectivity index (χ1v) is 13.4. The Kier molecular flexibility index (Phi) is 7.26. The zero-order valence-electron chi connectivity index (χ0n) is 19.6. The fourth-order valence-corrected chi connectivity index (χ4v) is 5.08. The van der Waals surface area contributed by atoms with E-state index in [1.165, 1.54) is 10.6 Å². The van der Waals surface area contributed by atoms with Crippen LogP contribution in [-0.2, 0) is 16.6 Å². The average molecular weight is 472 g/mol. The second-order valence-corrected chi connectivity index (χ2v) is 10.5. The molecule has 0 saturated carbocycles. The Bertz CT molecular complexity index is 1180. The van der Waals surface area contributed by atoms with Gasteiger partial charge in [-0.15, -0.1) is 0 Å². The smallest absolute Gasteiger partial charge is 0.223 e. The summed E-state index contributed by atoms with van der Waals surface area (Å²) in [6.45, 7) is 9.33. The quantitative estimate of drug-likeness (QED) is 0.512. The molecule has 0 bridgehead atoms. The topological polar surface area (TPSA) is 96.2 Å². The summed E-state index contributed by atoms with van der Waals surface area (Å²) >= 11 is 0. The van der Waals surface area contributed by atoms with Gasteiger partial charge in [0.05, 0.1) is 24.5 Å². The first kappa shape index (κ1) is 23.6. The molecule has 1 fully saturated rings. The summed E-state index contributed by atoms with van der Waals surface area (Å²) in [5.41, 5.74) is 3.01. The highest BCUT2D eigenvalue weighted by Gasteiger charge is 2.25. The first-order chi connectivity index (χ1) is 15.9. The van der Waals surface area contributed by atoms with Crippen molar-refractivity contribution in [1.29, 1.82) is 0 Å². The molecule has 0 atom stereocenters. The standard InChI is InChI=1S/C23H33N7O2S/c1-4-28(5-2)12-13-29-17-20(16-25-29)18-6-7-19-15-24-23(27-22(19)14-18)26-21-8-10-30(11-9-21)33(3,31)32/h6-7,14-17,21H,4-5,8-13H2,1-3H3,(H,24,26,27). The van der Waals surface area contributed by atoms with Crippen LogP contribution in [0.5, 0.6) is 0 Å². The number of piperidine rings is 1. The number of anilines is 1. The van der Waals surface area contributed by atoms with Gasteiger partial charge in [-0.25, -0.2) is 22.7 Å². The number of likely N-dealkylation sites (N-methyl/N-ethyl adjacent to an activating group) is 1. The Balaban J connectivity index is 1.44. The van der Waals surface area contributed by atoms with Crippen molar-refractivity contribution in [3.8, 4) is 11.1 Å². The van der Waals surface area contributed by atoms with Crippen LogP contribution in [0.1, 0.15) is 26.7 Å². The molecule has 0 unspecified atom stereocenters. The fourth-order valence-electron chi connectivity index (χ4n) is 4.21. The molecule has 4 rings (SSSR count). The summed E-state index contributed by atoms with van der Waals surface area (Å²) in [6, 6.07) is 6.34. The minimum Gasteiger partial charge on any atom is -0.351 e. The van der Waals surface area contributed by atoms with Crippen LogP contribution in [0.4, 0.5) is 5.95 Å². The average Bonchev–Trinajstić information content (AvgIpc) is 3.28. The van der Waals surface area contributed by atoms with Crippen LogP contribution in [0.2, 0.25) is 0 Å². The summed E-state index contributed by atoms with van der Waals surface area (Å²) in [7, 11) is -3.13. The van der Waals surface area contributed by atoms with Gasteiger partial charge >= 0.3 is 0 Å². The third-order valence-corrected chi connectivity index (χ3v) is 7.65. The predicted octanol–water partition coefficient (Wildman–Crippen LogP) is 2.67. The van der Waals surface area contributed by atoms with E-state index in [4.69, 9.17) is 4.98 Å². The third kappa shape index (κ3) is 5.87. The van der Waals surface area contributed by atoms with Crippen LogP contribution in [0.15, 0.2) is 36.8 Å². The van der Waals surface area contributed by atoms with Crippen LogP contribution >= 0.6 is 0 Å². The Labute approximate surface area is 195 Å². The molecule has 10 heteroatoms. The number of hydrogen-bond acceptors (Lipinski definition) is 7. The van der Waals surface area contributed by atoms with Crippen molar-refractivity contribution < 1.29 is 8.42 Å². The summed E-state index contributed by atoms with van der Waals surface area (Å²) in [6.07, 6.45) is 8.55. The molecule has 1 aromatic carbocycles. The molecule has 1 N–H and O–H groups in total. The van der Waals surface area contributed by atoms with Crippen LogP contribution < -0.4 is 5.32 Å². The molecular weight excluding hydrogens is 438 g/mol. The lowest BCUT2D eigenvalue weighted by molar-refractivity contribution is 0.285. The van der Waals surface area contributed by atoms with E-state index in [-0.39, 0.29) is 6.04 Å². The largest absolute Gasteiger partial charge is 0.351 e. The first-order valence-electron chi connectivity index (χ1n) is 11.6. The summed E-state index contributed by atoms with van der Waals surface area (Å²) in [4.78, 5) is 11.6. The highest BCUT2D eigenvalue weighted by Crippen LogP contribution is 2.24. The summed E-state index contributed by atoms with van der Waals surface area (Å²) < 4.78 is 27.0. The molecule has 3 heterocycles. The molecule has 33 heavy (non-hydrogen) atoms. The van der Waals surface area contributed by atoms with Gasteiger partial charge in [0.1, 0.15) is 0 Å². The van der Waals surface area contributed by atoms with Crippen molar-refractivity contribution in [2.45, 2.75) is 39.3 Å². The van der Waals surface area contributed by atoms with E-state index in [0.717, 1.165) is 61.1 Å². The summed E-state index contributed by atoms with van der Waals surface area (Å²) in [5.74, 6) is 0.576. The van der Waals surface area contributed by atoms with Crippen LogP contribution in [0, 0.1) is 0 Å². The van der Waals surface area contributed by atoms with Crippen molar-refractivity contribution >= 4 is 26.9 Å². The number of nitrogens with one attached hydrogen (secondary N) is 1. The van der Waals surface area contributed by atoms with E-state index in [1.54, 1.807) is 0 Å². The predicted molar refractivity (Wildman–Crippen MR) is 132 cm³/mol. The second kappa shape index (κ2) is 10.1. The van der Waals surface area contributed by atoms with Gasteiger partial charge in [0.25, 0.3) is 0 Å². The maximum atomic E-state index is 11.7. The highest BCUT2D eigenvalue weighted by molar-refractivity contribution is 7.88. The van der Waals surface area contributed by atoms with E-state index in [2.05, 4.69) is 52.5 Å². The van der Waals surface area contributed by atoms with E-state index >= 15 is 0 Å². The van der Waals surface area contributed by atoms with E-state index < -0.39 is 10.0 Å². The third-order valence-electron chi connectivity index (χ3n) is 6.35. The number of rotatable bonds is 9. The number of sulfonamides is 1. The van der Waals surface area contributed by atoms with Crippen molar-refractivity contribution in [2.24, 2.45) is 0 Å². The molecule has 0 amide bonds. The van der Waals surface area contributed by atoms with E-state index in [9.17, 15) is 8.42 Å². The molecular formula is C23H33N7O2S. The molecule has 1 aliphatic rings. The van der Waals surface area contributed by atoms with Crippen molar-refractivity contribution in [2.75, 3.05) is 44.3 Å². The lowest BCUT2D eigenvalue weighted by Crippen LogP contribution is -2.42. The van der Waals surface area contributed by atoms with Gasteiger partial charge in [0, 0.05) is 49.0 Å². The van der Waals surface area contributed by atoms with Gasteiger partial charge in [-0.05, 0) is 37.6 Å². The van der Waals surface area contributed by atoms with Gasteiger partial charge < -0.3 is 10.2 Å². The molecule has 3 aromatic rings. The lowest BCUT2D eigenvalue weighted by Gasteiger charge is -2.30. The normalized spacial score (nSPS) is 16.0. The Morgan fingerprint density at radius 1 is 1.12 bits per heavy atom. The number of aromatic nitrogens is 4. The van der Waals surface area contributed by atoms with Crippen LogP contribution in [-0.4, -0.2) is 82.4 Å². The summed E-state index contributed by atoms with van der Waals surface area (Å²) in [5, 5.41) is 8.89. The van der Waals surface area contributed by atoms with E-state index in [0.29, 0.717) is 19.0 Å². The molecule has 178 valence electrons. The molecule has 0 aliphatic carbocycles. The second-order valence-electron chi connectivity index (χ2n) is 8.57. The van der Waals surface area contributed by atoms with Crippen molar-refractivity contribution in [3.63, 3.8) is 0 Å². The molecule has 1 saturated heterocycles. The Morgan fingerprint density at radius 2 is 1.88 bits per heavy atom. The van der Waals surface area contributed by atoms with Crippen LogP contribution in [0.3, 0.4) is 0 Å². The van der Waals surface area contributed by atoms with Gasteiger partial charge in [-0.2, -0.15) is 5.10 Å². The maximum Gasteiger partial charge on any atom is 0.223 e. The van der Waals surface area contributed by atoms with Gasteiger partial charge in [0.2, 0.25) is 16.0 Å². The number of benzene rings is 1. The number of fused-ring (bicyclic) bond motifs is 1. The zero-order valence-corrected chi connectivity index (χ0v) is 20.4. The monoisotopic (exact) mass is 471 g/mol. The van der Waals surface area contributed by atoms with Gasteiger partial charge in [-0.1, -0.05) is 26.0 Å². The Morgan fingerprint density at radius 3 is 2.58 bits per heavy atom. The minimum absolute atomic E-state index is 0.160. The SMILES string of the molecule is CCN(CC)CCn1cc(-c2ccc3cnc(NC4CCN(S(C)(=O)=O)CC4)nc3c2)cn1. The zero-order chi connectivity index (χ0) is 23.4. The molecule has 2 aromatic heterocycles. The number of nitrogens with zero attached hydrogens (tertiary/aromatic N) is 6. The van der Waals surface area contributed by atoms with Crippen molar-refractivity contribution in [3.05, 3.63) is 36.8 Å². The van der Waals surface area contributed by atoms with Gasteiger partial charge in [0.15, 0.2) is 0 Å². The minimum atomic E-state index is -3.13. The molecule has 0 radical (unpaired) electrons. The Hall–Kier alpha value is -2.56. The van der Waals surface area contributed by atoms with Crippen molar-refractivity contribution in [1.82, 2.24) is 29.0 Å². The lowest BCUT2D eigenvalue weighted by atomic mass is 10.1. The van der Waals surface area contributed by atoms with Crippen LogP contribution in [0.25, 0.3) is 22.0 Å². The maximum absolute atomic E-state index is 11.7. The molecule has 9 nitrogen and oxygen atoms in total. The van der Waals surface area contributed by atoms with E-state index in [1.807, 2.05) is 23.1 Å². The van der Waals surface area contributed by atoms with Gasteiger partial charge in [-0.3, -0.25) is 4.68 Å².